The van der Waals surface area contributed by atoms with E-state index in [2.05, 4.69) is 30.7 Å². The first-order valence-corrected chi connectivity index (χ1v) is 8.81. The van der Waals surface area contributed by atoms with Crippen LogP contribution in [0.25, 0.3) is 0 Å². The maximum absolute atomic E-state index is 12.5. The first kappa shape index (κ1) is 24.8. The Hall–Kier alpha value is -2.21. The minimum atomic E-state index is -2.95. The van der Waals surface area contributed by atoms with Gasteiger partial charge in [-0.25, -0.2) is 4.99 Å². The predicted molar refractivity (Wildman–Crippen MR) is 119 cm³/mol. The molecule has 1 aromatic heterocycles. The van der Waals surface area contributed by atoms with Crippen LogP contribution in [0, 0.1) is 0 Å². The van der Waals surface area contributed by atoms with Crippen LogP contribution in [0.5, 0.6) is 5.75 Å². The zero-order valence-corrected chi connectivity index (χ0v) is 18.6. The molecule has 0 spiro atoms. The number of nitrogens with zero attached hydrogens (tertiary/aromatic N) is 2. The predicted octanol–water partition coefficient (Wildman–Crippen LogP) is 3.65. The summed E-state index contributed by atoms with van der Waals surface area (Å²) in [5, 5.41) is 8.90. The fourth-order valence-corrected chi connectivity index (χ4v) is 2.39. The zero-order valence-electron chi connectivity index (χ0n) is 15.5. The normalized spacial score (nSPS) is 10.9. The van der Waals surface area contributed by atoms with E-state index in [1.54, 1.807) is 18.3 Å². The molecule has 0 aliphatic heterocycles. The number of hydrogen-bond acceptors (Lipinski definition) is 4. The maximum atomic E-state index is 12.5. The highest BCUT2D eigenvalue weighted by Crippen LogP contribution is 2.25. The van der Waals surface area contributed by atoms with Crippen molar-refractivity contribution in [3.63, 3.8) is 0 Å². The Morgan fingerprint density at radius 2 is 2.10 bits per heavy atom. The fraction of sp³-hybridized carbons (Fsp3) is 0.278. The lowest BCUT2D eigenvalue weighted by atomic mass is 10.2. The van der Waals surface area contributed by atoms with Crippen LogP contribution in [0.4, 0.5) is 14.5 Å². The molecule has 1 aromatic carbocycles. The second kappa shape index (κ2) is 13.1. The number of hydrogen-bond donors (Lipinski definition) is 3. The summed E-state index contributed by atoms with van der Waals surface area (Å²) in [5.74, 6) is 0.0446. The van der Waals surface area contributed by atoms with Crippen molar-refractivity contribution in [1.29, 1.82) is 0 Å². The van der Waals surface area contributed by atoms with Crippen LogP contribution < -0.4 is 20.7 Å². The monoisotopic (exact) mass is 539 g/mol. The number of ether oxygens (including phenoxy) is 1. The smallest absolute Gasteiger partial charge is 0.387 e. The van der Waals surface area contributed by atoms with Gasteiger partial charge < -0.3 is 20.7 Å². The van der Waals surface area contributed by atoms with Crippen LogP contribution in [0.15, 0.2) is 47.7 Å². The van der Waals surface area contributed by atoms with Gasteiger partial charge in [-0.1, -0.05) is 11.6 Å². The van der Waals surface area contributed by atoms with E-state index in [1.165, 1.54) is 24.4 Å². The Labute approximate surface area is 189 Å². The molecule has 7 nitrogen and oxygen atoms in total. The molecule has 0 radical (unpaired) electrons. The molecule has 1 amide bonds. The average Bonchev–Trinajstić information content (AvgIpc) is 2.66. The van der Waals surface area contributed by atoms with Gasteiger partial charge in [0.05, 0.1) is 25.0 Å². The molecule has 0 aliphatic carbocycles. The number of amides is 1. The molecule has 1 heterocycles. The number of aliphatic imine (C=N–C) groups is 1. The number of rotatable bonds is 8. The molecule has 0 atom stereocenters. The van der Waals surface area contributed by atoms with E-state index in [0.29, 0.717) is 28.8 Å². The van der Waals surface area contributed by atoms with Crippen molar-refractivity contribution in [3.8, 4) is 5.75 Å². The lowest BCUT2D eigenvalue weighted by Gasteiger charge is -2.13. The van der Waals surface area contributed by atoms with Gasteiger partial charge in [-0.05, 0) is 37.3 Å². The molecule has 0 saturated carbocycles. The largest absolute Gasteiger partial charge is 0.434 e. The molecule has 0 fully saturated rings. The van der Waals surface area contributed by atoms with Gasteiger partial charge in [0.2, 0.25) is 5.91 Å². The quantitative estimate of drug-likeness (QED) is 0.271. The first-order valence-electron chi connectivity index (χ1n) is 8.43. The van der Waals surface area contributed by atoms with Crippen molar-refractivity contribution in [2.45, 2.75) is 20.1 Å². The molecule has 3 N–H and O–H groups in total. The van der Waals surface area contributed by atoms with E-state index in [0.717, 1.165) is 0 Å². The highest BCUT2D eigenvalue weighted by Gasteiger charge is 2.11. The molecule has 2 aromatic rings. The van der Waals surface area contributed by atoms with Gasteiger partial charge in [0.15, 0.2) is 5.96 Å². The van der Waals surface area contributed by atoms with Crippen LogP contribution in [0.1, 0.15) is 12.5 Å². The van der Waals surface area contributed by atoms with Gasteiger partial charge >= 0.3 is 6.61 Å². The molecule has 0 unspecified atom stereocenters. The molecule has 0 aliphatic rings. The highest BCUT2D eigenvalue weighted by molar-refractivity contribution is 14.0. The number of aromatic nitrogens is 1. The summed E-state index contributed by atoms with van der Waals surface area (Å²) >= 11 is 5.93. The van der Waals surface area contributed by atoms with Gasteiger partial charge in [0.25, 0.3) is 0 Å². The van der Waals surface area contributed by atoms with Crippen LogP contribution in [0.2, 0.25) is 5.02 Å². The van der Waals surface area contributed by atoms with Gasteiger partial charge in [-0.15, -0.1) is 24.0 Å². The standard InChI is InChI=1S/C18H20ClF2N5O2.HI/c1-2-23-18(25-11-16(27)26-14-4-3-7-22-10-14)24-9-12-8-13(19)5-6-15(12)28-17(20)21;/h3-8,10,17H,2,9,11H2,1H3,(H,26,27)(H2,23,24,25);1H. The van der Waals surface area contributed by atoms with Crippen molar-refractivity contribution in [1.82, 2.24) is 15.6 Å². The Kier molecular flexibility index (Phi) is 11.2. The van der Waals surface area contributed by atoms with Gasteiger partial charge in [0, 0.05) is 23.3 Å². The van der Waals surface area contributed by atoms with E-state index >= 15 is 0 Å². The number of nitrogens with one attached hydrogen (secondary N) is 3. The van der Waals surface area contributed by atoms with Crippen molar-refractivity contribution >= 4 is 53.1 Å². The summed E-state index contributed by atoms with van der Waals surface area (Å²) in [5.41, 5.74) is 0.966. The van der Waals surface area contributed by atoms with Crippen molar-refractivity contribution in [2.24, 2.45) is 4.99 Å². The minimum Gasteiger partial charge on any atom is -0.434 e. The average molecular weight is 540 g/mol. The fourth-order valence-electron chi connectivity index (χ4n) is 2.19. The molecular formula is C18H21ClF2IN5O2. The molecule has 158 valence electrons. The zero-order chi connectivity index (χ0) is 20.4. The lowest BCUT2D eigenvalue weighted by Crippen LogP contribution is -2.41. The van der Waals surface area contributed by atoms with E-state index in [-0.39, 0.29) is 48.7 Å². The van der Waals surface area contributed by atoms with Crippen LogP contribution in [-0.4, -0.2) is 36.6 Å². The van der Waals surface area contributed by atoms with Crippen LogP contribution in [0.3, 0.4) is 0 Å². The second-order valence-electron chi connectivity index (χ2n) is 5.47. The summed E-state index contributed by atoms with van der Waals surface area (Å²) in [6.07, 6.45) is 3.13. The number of pyridine rings is 1. The Balaban J connectivity index is 0.00000420. The first-order chi connectivity index (χ1) is 13.5. The summed E-state index contributed by atoms with van der Waals surface area (Å²) in [4.78, 5) is 20.2. The van der Waals surface area contributed by atoms with Crippen molar-refractivity contribution < 1.29 is 18.3 Å². The van der Waals surface area contributed by atoms with E-state index < -0.39 is 6.61 Å². The van der Waals surface area contributed by atoms with E-state index in [4.69, 9.17) is 11.6 Å². The van der Waals surface area contributed by atoms with Gasteiger partial charge in [-0.2, -0.15) is 8.78 Å². The van der Waals surface area contributed by atoms with Crippen molar-refractivity contribution in [3.05, 3.63) is 53.3 Å². The third kappa shape index (κ3) is 9.22. The SMILES string of the molecule is CCNC(=NCc1cc(Cl)ccc1OC(F)F)NCC(=O)Nc1cccnc1.I. The number of benzene rings is 1. The molecular weight excluding hydrogens is 519 g/mol. The number of carbonyl (C=O) groups is 1. The topological polar surface area (TPSA) is 87.6 Å². The van der Waals surface area contributed by atoms with Crippen LogP contribution in [-0.2, 0) is 11.3 Å². The van der Waals surface area contributed by atoms with E-state index in [1.807, 2.05) is 6.92 Å². The second-order valence-corrected chi connectivity index (χ2v) is 5.91. The molecule has 11 heteroatoms. The Morgan fingerprint density at radius 3 is 2.76 bits per heavy atom. The Bertz CT molecular complexity index is 812. The maximum Gasteiger partial charge on any atom is 0.387 e. The third-order valence-electron chi connectivity index (χ3n) is 3.35. The van der Waals surface area contributed by atoms with Crippen LogP contribution >= 0.6 is 35.6 Å². The lowest BCUT2D eigenvalue weighted by molar-refractivity contribution is -0.115. The summed E-state index contributed by atoms with van der Waals surface area (Å²) in [7, 11) is 0. The highest BCUT2D eigenvalue weighted by atomic mass is 127. The Morgan fingerprint density at radius 1 is 1.31 bits per heavy atom. The summed E-state index contributed by atoms with van der Waals surface area (Å²) in [6, 6.07) is 7.74. The van der Waals surface area contributed by atoms with Gasteiger partial charge in [0.1, 0.15) is 5.75 Å². The van der Waals surface area contributed by atoms with Gasteiger partial charge in [-0.3, -0.25) is 9.78 Å². The summed E-state index contributed by atoms with van der Waals surface area (Å²) < 4.78 is 29.6. The van der Waals surface area contributed by atoms with E-state index in [9.17, 15) is 13.6 Å². The molecule has 0 bridgehead atoms. The number of guanidine groups is 1. The number of alkyl halides is 2. The number of halogens is 4. The molecule has 0 saturated heterocycles. The summed E-state index contributed by atoms with van der Waals surface area (Å²) in [6.45, 7) is -0.561. The molecule has 2 rings (SSSR count). The third-order valence-corrected chi connectivity index (χ3v) is 3.59. The molecule has 29 heavy (non-hydrogen) atoms. The minimum absolute atomic E-state index is 0. The number of anilines is 1. The number of carbonyl (C=O) groups excluding carboxylic acids is 1. The van der Waals surface area contributed by atoms with Crippen molar-refractivity contribution in [2.75, 3.05) is 18.4 Å².